The summed E-state index contributed by atoms with van der Waals surface area (Å²) in [7, 11) is 3.06. The number of quaternary nitrogens is 2. The Balaban J connectivity index is 1.46. The van der Waals surface area contributed by atoms with Gasteiger partial charge in [0.25, 0.3) is 5.91 Å². The number of carbonyl (C=O) groups is 2. The number of hydrogen-bond acceptors (Lipinski definition) is 4. The number of nitrogens with one attached hydrogen (secondary N) is 3. The molecule has 3 N–H and O–H groups in total. The molecule has 0 bridgehead atoms. The molecule has 1 aliphatic heterocycles. The van der Waals surface area contributed by atoms with Crippen molar-refractivity contribution in [3.05, 3.63) is 59.2 Å². The van der Waals surface area contributed by atoms with E-state index in [9.17, 15) is 9.59 Å². The van der Waals surface area contributed by atoms with Crippen molar-refractivity contribution < 1.29 is 28.9 Å². The lowest BCUT2D eigenvalue weighted by Crippen LogP contribution is -3.28. The highest BCUT2D eigenvalue weighted by Gasteiger charge is 2.25. The Hall–Kier alpha value is -2.90. The van der Waals surface area contributed by atoms with Gasteiger partial charge in [0.2, 0.25) is 0 Å². The van der Waals surface area contributed by atoms with Gasteiger partial charge in [-0.25, -0.2) is 4.79 Å². The van der Waals surface area contributed by atoms with Crippen LogP contribution in [0.4, 0.5) is 5.69 Å². The van der Waals surface area contributed by atoms with E-state index in [1.807, 2.05) is 6.07 Å². The molecular weight excluding hydrogens is 382 g/mol. The summed E-state index contributed by atoms with van der Waals surface area (Å²) in [6, 6.07) is 13.0. The number of rotatable bonds is 7. The Morgan fingerprint density at radius 3 is 2.27 bits per heavy atom. The molecule has 3 rings (SSSR count). The van der Waals surface area contributed by atoms with Gasteiger partial charge >= 0.3 is 5.97 Å². The van der Waals surface area contributed by atoms with E-state index in [1.165, 1.54) is 28.0 Å². The Morgan fingerprint density at radius 1 is 0.967 bits per heavy atom. The van der Waals surface area contributed by atoms with Crippen molar-refractivity contribution in [2.24, 2.45) is 0 Å². The molecule has 1 aliphatic rings. The lowest BCUT2D eigenvalue weighted by atomic mass is 10.1. The second kappa shape index (κ2) is 10.2. The molecule has 2 aromatic rings. The standard InChI is InChI=1S/C23H29N3O4/c1-17-4-9-21(29-2)19(14-17)15-25-10-12-26(13-11-25)16-22(27)24-20-7-5-18(6-8-20)23(28)30-3/h4-9,14H,10-13,15-16H2,1-3H3,(H,24,27)/p+2. The van der Waals surface area contributed by atoms with Crippen LogP contribution in [0.2, 0.25) is 0 Å². The summed E-state index contributed by atoms with van der Waals surface area (Å²) in [5.74, 6) is 0.543. The van der Waals surface area contributed by atoms with Crippen molar-refractivity contribution in [3.63, 3.8) is 0 Å². The number of anilines is 1. The Bertz CT molecular complexity index is 875. The van der Waals surface area contributed by atoms with Crippen molar-refractivity contribution >= 4 is 17.6 Å². The SMILES string of the molecule is COC(=O)c1ccc(NC(=O)C[NH+]2CC[NH+](Cc3cc(C)ccc3OC)CC2)cc1. The first kappa shape index (κ1) is 21.8. The molecule has 7 heteroatoms. The molecule has 0 saturated carbocycles. The molecule has 160 valence electrons. The Morgan fingerprint density at radius 2 is 1.63 bits per heavy atom. The van der Waals surface area contributed by atoms with E-state index in [0.717, 1.165) is 38.5 Å². The fraction of sp³-hybridized carbons (Fsp3) is 0.391. The average molecular weight is 414 g/mol. The summed E-state index contributed by atoms with van der Waals surface area (Å²) in [6.07, 6.45) is 0. The maximum Gasteiger partial charge on any atom is 0.337 e. The number of piperazine rings is 1. The highest BCUT2D eigenvalue weighted by Crippen LogP contribution is 2.18. The topological polar surface area (TPSA) is 73.5 Å². The van der Waals surface area contributed by atoms with Gasteiger partial charge in [-0.05, 0) is 43.3 Å². The largest absolute Gasteiger partial charge is 0.496 e. The van der Waals surface area contributed by atoms with Gasteiger partial charge < -0.3 is 24.6 Å². The van der Waals surface area contributed by atoms with Gasteiger partial charge in [0.05, 0.1) is 19.8 Å². The smallest absolute Gasteiger partial charge is 0.337 e. The molecular formula is C23H31N3O4+2. The van der Waals surface area contributed by atoms with Gasteiger partial charge in [0.15, 0.2) is 6.54 Å². The van der Waals surface area contributed by atoms with Crippen LogP contribution >= 0.6 is 0 Å². The first-order chi connectivity index (χ1) is 14.5. The lowest BCUT2D eigenvalue weighted by molar-refractivity contribution is -1.02. The molecule has 0 aliphatic carbocycles. The van der Waals surface area contributed by atoms with Crippen molar-refractivity contribution in [1.82, 2.24) is 0 Å². The summed E-state index contributed by atoms with van der Waals surface area (Å²) in [5.41, 5.74) is 3.63. The molecule has 1 amide bonds. The van der Waals surface area contributed by atoms with Gasteiger partial charge in [0.1, 0.15) is 38.5 Å². The molecule has 1 saturated heterocycles. The minimum Gasteiger partial charge on any atom is -0.496 e. The van der Waals surface area contributed by atoms with Crippen molar-refractivity contribution in [2.75, 3.05) is 52.3 Å². The predicted octanol–water partition coefficient (Wildman–Crippen LogP) is -0.288. The first-order valence-corrected chi connectivity index (χ1v) is 10.3. The third-order valence-electron chi connectivity index (χ3n) is 5.54. The van der Waals surface area contributed by atoms with Crippen molar-refractivity contribution in [2.45, 2.75) is 13.5 Å². The first-order valence-electron chi connectivity index (χ1n) is 10.3. The maximum atomic E-state index is 12.4. The van der Waals surface area contributed by atoms with Crippen LogP contribution in [0, 0.1) is 6.92 Å². The quantitative estimate of drug-likeness (QED) is 0.546. The third-order valence-corrected chi connectivity index (χ3v) is 5.54. The van der Waals surface area contributed by atoms with E-state index < -0.39 is 0 Å². The second-order valence-corrected chi connectivity index (χ2v) is 7.79. The maximum absolute atomic E-state index is 12.4. The number of hydrogen-bond donors (Lipinski definition) is 3. The number of aryl methyl sites for hydroxylation is 1. The van der Waals surface area contributed by atoms with E-state index >= 15 is 0 Å². The highest BCUT2D eigenvalue weighted by atomic mass is 16.5. The van der Waals surface area contributed by atoms with Gasteiger partial charge in [-0.15, -0.1) is 0 Å². The molecule has 7 nitrogen and oxygen atoms in total. The monoisotopic (exact) mass is 413 g/mol. The Labute approximate surface area is 177 Å². The molecule has 1 heterocycles. The number of esters is 1. The van der Waals surface area contributed by atoms with E-state index in [2.05, 4.69) is 29.1 Å². The van der Waals surface area contributed by atoms with Crippen molar-refractivity contribution in [1.29, 1.82) is 0 Å². The van der Waals surface area contributed by atoms with Crippen LogP contribution in [0.3, 0.4) is 0 Å². The zero-order valence-electron chi connectivity index (χ0n) is 17.9. The van der Waals surface area contributed by atoms with Crippen LogP contribution in [0.15, 0.2) is 42.5 Å². The fourth-order valence-electron chi connectivity index (χ4n) is 3.87. The van der Waals surface area contributed by atoms with Crippen LogP contribution in [-0.4, -0.2) is 58.8 Å². The number of ether oxygens (including phenoxy) is 2. The highest BCUT2D eigenvalue weighted by molar-refractivity contribution is 5.93. The molecule has 1 fully saturated rings. The van der Waals surface area contributed by atoms with Crippen LogP contribution in [-0.2, 0) is 16.1 Å². The third kappa shape index (κ3) is 5.81. The number of carbonyl (C=O) groups excluding carboxylic acids is 2. The molecule has 0 atom stereocenters. The minimum absolute atomic E-state index is 0.0142. The van der Waals surface area contributed by atoms with Crippen LogP contribution in [0.5, 0.6) is 5.75 Å². The van der Waals surface area contributed by atoms with E-state index in [-0.39, 0.29) is 11.9 Å². The van der Waals surface area contributed by atoms with Crippen LogP contribution in [0.25, 0.3) is 0 Å². The van der Waals surface area contributed by atoms with Gasteiger partial charge in [0, 0.05) is 11.3 Å². The van der Waals surface area contributed by atoms with Gasteiger partial charge in [-0.2, -0.15) is 0 Å². The molecule has 30 heavy (non-hydrogen) atoms. The van der Waals surface area contributed by atoms with Crippen LogP contribution < -0.4 is 19.9 Å². The molecule has 0 aromatic heterocycles. The minimum atomic E-state index is -0.388. The summed E-state index contributed by atoms with van der Waals surface area (Å²) in [5, 5.41) is 2.91. The number of methoxy groups -OCH3 is 2. The zero-order chi connectivity index (χ0) is 21.5. The lowest BCUT2D eigenvalue weighted by Gasteiger charge is -2.29. The molecule has 2 aromatic carbocycles. The molecule has 0 spiro atoms. The summed E-state index contributed by atoms with van der Waals surface area (Å²) in [6.45, 7) is 7.44. The Kier molecular flexibility index (Phi) is 7.43. The van der Waals surface area contributed by atoms with Crippen molar-refractivity contribution in [3.8, 4) is 5.75 Å². The molecule has 0 unspecified atom stereocenters. The average Bonchev–Trinajstić information content (AvgIpc) is 2.75. The van der Waals surface area contributed by atoms with Gasteiger partial charge in [-0.1, -0.05) is 11.6 Å². The van der Waals surface area contributed by atoms with E-state index in [1.54, 1.807) is 31.4 Å². The number of amides is 1. The van der Waals surface area contributed by atoms with Crippen LogP contribution in [0.1, 0.15) is 21.5 Å². The molecule has 0 radical (unpaired) electrons. The van der Waals surface area contributed by atoms with Gasteiger partial charge in [-0.3, -0.25) is 4.79 Å². The second-order valence-electron chi connectivity index (χ2n) is 7.79. The fourth-order valence-corrected chi connectivity index (χ4v) is 3.87. The summed E-state index contributed by atoms with van der Waals surface area (Å²) < 4.78 is 10.2. The normalized spacial score (nSPS) is 18.5. The predicted molar refractivity (Wildman–Crippen MR) is 114 cm³/mol. The summed E-state index contributed by atoms with van der Waals surface area (Å²) >= 11 is 0. The van der Waals surface area contributed by atoms with E-state index in [0.29, 0.717) is 17.8 Å². The number of benzene rings is 2. The summed E-state index contributed by atoms with van der Waals surface area (Å²) in [4.78, 5) is 26.7. The zero-order valence-corrected chi connectivity index (χ0v) is 17.9. The van der Waals surface area contributed by atoms with E-state index in [4.69, 9.17) is 4.74 Å².